The minimum Gasteiger partial charge on any atom is -0.493 e. The van der Waals surface area contributed by atoms with Gasteiger partial charge in [-0.3, -0.25) is 4.98 Å². The summed E-state index contributed by atoms with van der Waals surface area (Å²) < 4.78 is 6.62. The van der Waals surface area contributed by atoms with Crippen molar-refractivity contribution < 1.29 is 4.74 Å². The number of nitrogens with one attached hydrogen (secondary N) is 1. The van der Waals surface area contributed by atoms with Gasteiger partial charge in [-0.25, -0.2) is 0 Å². The Morgan fingerprint density at radius 1 is 1.38 bits per heavy atom. The molecule has 2 heterocycles. The van der Waals surface area contributed by atoms with Crippen LogP contribution in [0.4, 0.5) is 0 Å². The van der Waals surface area contributed by atoms with Gasteiger partial charge in [0.05, 0.1) is 18.3 Å². The Morgan fingerprint density at radius 3 is 3.10 bits per heavy atom. The van der Waals surface area contributed by atoms with Gasteiger partial charge >= 0.3 is 0 Å². The van der Waals surface area contributed by atoms with Crippen molar-refractivity contribution in [1.29, 1.82) is 0 Å². The second-order valence-corrected chi connectivity index (χ2v) is 6.15. The molecule has 1 N–H and O–H groups in total. The summed E-state index contributed by atoms with van der Waals surface area (Å²) in [6, 6.07) is 10.8. The van der Waals surface area contributed by atoms with E-state index in [2.05, 4.69) is 44.4 Å². The fraction of sp³-hybridized carbons (Fsp3) is 0.353. The molecule has 3 rings (SSSR count). The van der Waals surface area contributed by atoms with Crippen molar-refractivity contribution in [3.63, 3.8) is 0 Å². The highest BCUT2D eigenvalue weighted by Crippen LogP contribution is 2.28. The molecule has 1 aliphatic rings. The quantitative estimate of drug-likeness (QED) is 0.896. The molecule has 0 aliphatic carbocycles. The van der Waals surface area contributed by atoms with Gasteiger partial charge in [-0.05, 0) is 65.1 Å². The van der Waals surface area contributed by atoms with Crippen molar-refractivity contribution in [3.8, 4) is 5.75 Å². The van der Waals surface area contributed by atoms with E-state index in [1.54, 1.807) is 0 Å². The molecule has 1 unspecified atom stereocenters. The van der Waals surface area contributed by atoms with Crippen LogP contribution in [0.3, 0.4) is 0 Å². The van der Waals surface area contributed by atoms with E-state index in [0.717, 1.165) is 41.8 Å². The van der Waals surface area contributed by atoms with E-state index in [1.165, 1.54) is 11.1 Å². The van der Waals surface area contributed by atoms with Gasteiger partial charge in [-0.2, -0.15) is 0 Å². The standard InChI is InChI=1S/C17H19BrN2O/c1-19-15(17-14(18)3-2-9-20-17)6-4-12-5-7-16-13(11-12)8-10-21-16/h2-3,5,7,9,11,15,19H,4,6,8,10H2,1H3. The number of halogens is 1. The number of rotatable bonds is 5. The molecule has 2 aromatic rings. The summed E-state index contributed by atoms with van der Waals surface area (Å²) in [6.45, 7) is 0.818. The lowest BCUT2D eigenvalue weighted by molar-refractivity contribution is 0.357. The molecule has 0 fully saturated rings. The van der Waals surface area contributed by atoms with E-state index >= 15 is 0 Å². The normalized spacial score (nSPS) is 14.6. The minimum atomic E-state index is 0.255. The van der Waals surface area contributed by atoms with E-state index < -0.39 is 0 Å². The number of benzene rings is 1. The van der Waals surface area contributed by atoms with Crippen molar-refractivity contribution in [2.24, 2.45) is 0 Å². The molecule has 110 valence electrons. The van der Waals surface area contributed by atoms with Gasteiger partial charge in [0.2, 0.25) is 0 Å². The summed E-state index contributed by atoms with van der Waals surface area (Å²) in [5.41, 5.74) is 3.78. The molecule has 1 atom stereocenters. The highest BCUT2D eigenvalue weighted by atomic mass is 79.9. The van der Waals surface area contributed by atoms with Gasteiger partial charge in [-0.15, -0.1) is 0 Å². The maximum Gasteiger partial charge on any atom is 0.122 e. The predicted octanol–water partition coefficient (Wildman–Crippen LogP) is 3.67. The molecule has 1 aromatic heterocycles. The van der Waals surface area contributed by atoms with E-state index in [4.69, 9.17) is 4.74 Å². The van der Waals surface area contributed by atoms with Gasteiger partial charge in [0.1, 0.15) is 5.75 Å². The Labute approximate surface area is 133 Å². The smallest absolute Gasteiger partial charge is 0.122 e. The molecule has 0 saturated heterocycles. The van der Waals surface area contributed by atoms with E-state index in [9.17, 15) is 0 Å². The zero-order chi connectivity index (χ0) is 14.7. The van der Waals surface area contributed by atoms with Gasteiger partial charge in [0, 0.05) is 17.1 Å². The first kappa shape index (κ1) is 14.5. The molecule has 1 aromatic carbocycles. The van der Waals surface area contributed by atoms with Crippen LogP contribution in [0.15, 0.2) is 41.0 Å². The molecular weight excluding hydrogens is 328 g/mol. The van der Waals surface area contributed by atoms with E-state index in [1.807, 2.05) is 25.4 Å². The lowest BCUT2D eigenvalue weighted by atomic mass is 10.0. The Kier molecular flexibility index (Phi) is 4.56. The summed E-state index contributed by atoms with van der Waals surface area (Å²) in [5, 5.41) is 3.36. The molecule has 0 saturated carbocycles. The van der Waals surface area contributed by atoms with Crippen LogP contribution < -0.4 is 10.1 Å². The van der Waals surface area contributed by atoms with Crippen LogP contribution in [-0.4, -0.2) is 18.6 Å². The summed E-state index contributed by atoms with van der Waals surface area (Å²) >= 11 is 3.59. The number of pyridine rings is 1. The van der Waals surface area contributed by atoms with Crippen molar-refractivity contribution in [2.75, 3.05) is 13.7 Å². The molecule has 21 heavy (non-hydrogen) atoms. The number of hydrogen-bond donors (Lipinski definition) is 1. The SMILES string of the molecule is CNC(CCc1ccc2c(c1)CCO2)c1ncccc1Br. The fourth-order valence-electron chi connectivity index (χ4n) is 2.78. The number of aryl methyl sites for hydroxylation is 1. The minimum absolute atomic E-state index is 0.255. The van der Waals surface area contributed by atoms with Gasteiger partial charge in [-0.1, -0.05) is 12.1 Å². The summed E-state index contributed by atoms with van der Waals surface area (Å²) in [5.74, 6) is 1.05. The Morgan fingerprint density at radius 2 is 2.29 bits per heavy atom. The average Bonchev–Trinajstić information content (AvgIpc) is 2.97. The largest absolute Gasteiger partial charge is 0.493 e. The number of nitrogens with zero attached hydrogens (tertiary/aromatic N) is 1. The second kappa shape index (κ2) is 6.58. The zero-order valence-electron chi connectivity index (χ0n) is 12.1. The maximum atomic E-state index is 5.56. The highest BCUT2D eigenvalue weighted by Gasteiger charge is 2.15. The molecule has 0 bridgehead atoms. The molecule has 0 radical (unpaired) electrons. The third-order valence-electron chi connectivity index (χ3n) is 3.94. The van der Waals surface area contributed by atoms with Crippen LogP contribution in [0, 0.1) is 0 Å². The molecule has 0 amide bonds. The van der Waals surface area contributed by atoms with E-state index in [-0.39, 0.29) is 6.04 Å². The molecule has 3 nitrogen and oxygen atoms in total. The van der Waals surface area contributed by atoms with Crippen LogP contribution in [0.2, 0.25) is 0 Å². The van der Waals surface area contributed by atoms with Crippen molar-refractivity contribution in [1.82, 2.24) is 10.3 Å². The Bertz CT molecular complexity index is 630. The predicted molar refractivity (Wildman–Crippen MR) is 87.7 cm³/mol. The summed E-state index contributed by atoms with van der Waals surface area (Å²) in [6.07, 6.45) is 4.93. The summed E-state index contributed by atoms with van der Waals surface area (Å²) in [4.78, 5) is 4.49. The highest BCUT2D eigenvalue weighted by molar-refractivity contribution is 9.10. The molecule has 1 aliphatic heterocycles. The number of hydrogen-bond acceptors (Lipinski definition) is 3. The van der Waals surface area contributed by atoms with Gasteiger partial charge in [0.25, 0.3) is 0 Å². The van der Waals surface area contributed by atoms with Crippen molar-refractivity contribution >= 4 is 15.9 Å². The third-order valence-corrected chi connectivity index (χ3v) is 4.61. The third kappa shape index (κ3) is 3.27. The Balaban J connectivity index is 1.70. The molecular formula is C17H19BrN2O. The lowest BCUT2D eigenvalue weighted by Gasteiger charge is -2.17. The van der Waals surface area contributed by atoms with Gasteiger partial charge in [0.15, 0.2) is 0 Å². The topological polar surface area (TPSA) is 34.1 Å². The van der Waals surface area contributed by atoms with Crippen LogP contribution in [-0.2, 0) is 12.8 Å². The fourth-order valence-corrected chi connectivity index (χ4v) is 3.31. The number of fused-ring (bicyclic) bond motifs is 1. The lowest BCUT2D eigenvalue weighted by Crippen LogP contribution is -2.18. The number of ether oxygens (including phenoxy) is 1. The van der Waals surface area contributed by atoms with Crippen molar-refractivity contribution in [3.05, 3.63) is 57.8 Å². The monoisotopic (exact) mass is 346 g/mol. The van der Waals surface area contributed by atoms with Crippen LogP contribution in [0.1, 0.15) is 29.3 Å². The first-order valence-electron chi connectivity index (χ1n) is 7.30. The van der Waals surface area contributed by atoms with Gasteiger partial charge < -0.3 is 10.1 Å². The van der Waals surface area contributed by atoms with Crippen LogP contribution >= 0.6 is 15.9 Å². The van der Waals surface area contributed by atoms with E-state index in [0.29, 0.717) is 0 Å². The summed E-state index contributed by atoms with van der Waals surface area (Å²) in [7, 11) is 1.99. The second-order valence-electron chi connectivity index (χ2n) is 5.29. The van der Waals surface area contributed by atoms with Crippen LogP contribution in [0.5, 0.6) is 5.75 Å². The first-order valence-corrected chi connectivity index (χ1v) is 8.09. The Hall–Kier alpha value is -1.39. The first-order chi connectivity index (χ1) is 10.3. The average molecular weight is 347 g/mol. The molecule has 0 spiro atoms. The van der Waals surface area contributed by atoms with Crippen molar-refractivity contribution in [2.45, 2.75) is 25.3 Å². The zero-order valence-corrected chi connectivity index (χ0v) is 13.7. The molecule has 4 heteroatoms. The maximum absolute atomic E-state index is 5.56. The number of aromatic nitrogens is 1. The van der Waals surface area contributed by atoms with Crippen LogP contribution in [0.25, 0.3) is 0 Å².